The molecule has 8 nitrogen and oxygen atoms in total. The van der Waals surface area contributed by atoms with E-state index >= 15 is 0 Å². The molecule has 2 aromatic carbocycles. The highest BCUT2D eigenvalue weighted by Gasteiger charge is 2.37. The fourth-order valence-electron chi connectivity index (χ4n) is 5.00. The lowest BCUT2D eigenvalue weighted by molar-refractivity contribution is -0.139. The number of amides is 2. The predicted octanol–water partition coefficient (Wildman–Crippen LogP) is 5.45. The minimum atomic E-state index is -0.756. The molecule has 2 aliphatic rings. The van der Waals surface area contributed by atoms with Crippen LogP contribution in [0, 0.1) is 25.6 Å². The van der Waals surface area contributed by atoms with Crippen LogP contribution in [0.4, 0.5) is 10.1 Å². The number of aryl methyl sites for hydroxylation is 2. The summed E-state index contributed by atoms with van der Waals surface area (Å²) in [6, 6.07) is 12.3. The first-order valence-electron chi connectivity index (χ1n) is 13.2. The summed E-state index contributed by atoms with van der Waals surface area (Å²) in [5, 5.41) is 3.51. The molecular weight excluding hydrogens is 531 g/mol. The van der Waals surface area contributed by atoms with Crippen molar-refractivity contribution in [3.63, 3.8) is 0 Å². The zero-order valence-electron chi connectivity index (χ0n) is 22.4. The molecule has 1 N–H and O–H groups in total. The fourth-order valence-corrected chi connectivity index (χ4v) is 5.84. The maximum absolute atomic E-state index is 14.0. The maximum Gasteiger partial charge on any atom is 0.247 e. The average Bonchev–Trinajstić information content (AvgIpc) is 3.41. The number of anilines is 1. The molecule has 1 aliphatic heterocycles. The lowest BCUT2D eigenvalue weighted by Crippen LogP contribution is -2.51. The van der Waals surface area contributed by atoms with Crippen LogP contribution in [0.25, 0.3) is 0 Å². The van der Waals surface area contributed by atoms with Gasteiger partial charge in [-0.15, -0.1) is 0 Å². The third-order valence-electron chi connectivity index (χ3n) is 6.87. The average molecular weight is 563 g/mol. The molecular formula is C30H31FN4O4S. The molecule has 3 aromatic rings. The van der Waals surface area contributed by atoms with E-state index in [9.17, 15) is 14.0 Å². The number of hydrogen-bond donors (Lipinski definition) is 1. The maximum atomic E-state index is 14.0. The second-order valence-corrected chi connectivity index (χ2v) is 10.9. The molecule has 2 atom stereocenters. The van der Waals surface area contributed by atoms with Crippen molar-refractivity contribution in [2.75, 3.05) is 17.9 Å². The SMILES string of the molecule is Cc1cc(C)nc(SCC(=O)N(Cc2ccc(F)cc2)C(C(=O)Nc2ccc3c(c2)OCO3)C2CC=CCC2)n1. The van der Waals surface area contributed by atoms with Gasteiger partial charge in [-0.3, -0.25) is 9.59 Å². The smallest absolute Gasteiger partial charge is 0.247 e. The Morgan fingerprint density at radius 2 is 1.80 bits per heavy atom. The van der Waals surface area contributed by atoms with Gasteiger partial charge in [-0.05, 0) is 74.9 Å². The van der Waals surface area contributed by atoms with Crippen molar-refractivity contribution < 1.29 is 23.5 Å². The number of allylic oxidation sites excluding steroid dienone is 2. The first-order valence-corrected chi connectivity index (χ1v) is 14.2. The summed E-state index contributed by atoms with van der Waals surface area (Å²) in [5.74, 6) is 0.259. The Labute approximate surface area is 237 Å². The zero-order valence-corrected chi connectivity index (χ0v) is 23.2. The molecule has 0 saturated heterocycles. The minimum Gasteiger partial charge on any atom is -0.454 e. The number of aromatic nitrogens is 2. The molecule has 0 fully saturated rings. The molecule has 5 rings (SSSR count). The largest absolute Gasteiger partial charge is 0.454 e. The lowest BCUT2D eigenvalue weighted by atomic mass is 9.86. The summed E-state index contributed by atoms with van der Waals surface area (Å²) < 4.78 is 24.5. The standard InChI is InChI=1S/C30H31FN4O4S/c1-19-14-20(2)33-30(32-19)40-17-27(36)35(16-21-8-10-23(31)11-9-21)28(22-6-4-3-5-7-22)29(37)34-24-12-13-25-26(15-24)39-18-38-25/h3-4,8-15,22,28H,5-7,16-18H2,1-2H3,(H,34,37). The molecule has 40 heavy (non-hydrogen) atoms. The van der Waals surface area contributed by atoms with Gasteiger partial charge in [0.15, 0.2) is 16.7 Å². The molecule has 1 aliphatic carbocycles. The Balaban J connectivity index is 1.44. The molecule has 1 aromatic heterocycles. The minimum absolute atomic E-state index is 0.0560. The van der Waals surface area contributed by atoms with E-state index in [1.54, 1.807) is 35.2 Å². The summed E-state index contributed by atoms with van der Waals surface area (Å²) >= 11 is 1.24. The van der Waals surface area contributed by atoms with Crippen molar-refractivity contribution in [2.45, 2.75) is 50.9 Å². The van der Waals surface area contributed by atoms with E-state index in [-0.39, 0.29) is 42.6 Å². The van der Waals surface area contributed by atoms with Crippen LogP contribution in [-0.2, 0) is 16.1 Å². The van der Waals surface area contributed by atoms with E-state index in [0.29, 0.717) is 28.8 Å². The number of hydrogen-bond acceptors (Lipinski definition) is 7. The summed E-state index contributed by atoms with van der Waals surface area (Å²) in [6.45, 7) is 4.06. The zero-order chi connectivity index (χ0) is 28.1. The number of rotatable bonds is 9. The molecule has 0 saturated carbocycles. The third kappa shape index (κ3) is 6.80. The Bertz CT molecular complexity index is 1400. The van der Waals surface area contributed by atoms with Crippen LogP contribution in [0.3, 0.4) is 0 Å². The van der Waals surface area contributed by atoms with E-state index in [0.717, 1.165) is 29.8 Å². The Hall–Kier alpha value is -3.92. The number of carbonyl (C=O) groups excluding carboxylic acids is 2. The lowest BCUT2D eigenvalue weighted by Gasteiger charge is -2.37. The molecule has 208 valence electrons. The monoisotopic (exact) mass is 562 g/mol. The summed E-state index contributed by atoms with van der Waals surface area (Å²) in [5.41, 5.74) is 2.92. The van der Waals surface area contributed by atoms with Crippen molar-refractivity contribution in [3.05, 3.63) is 83.5 Å². The van der Waals surface area contributed by atoms with Gasteiger partial charge in [-0.1, -0.05) is 36.0 Å². The van der Waals surface area contributed by atoms with Crippen LogP contribution in [0.5, 0.6) is 11.5 Å². The van der Waals surface area contributed by atoms with Gasteiger partial charge in [0.1, 0.15) is 11.9 Å². The van der Waals surface area contributed by atoms with E-state index in [2.05, 4.69) is 27.4 Å². The van der Waals surface area contributed by atoms with E-state index in [1.807, 2.05) is 19.9 Å². The van der Waals surface area contributed by atoms with Crippen molar-refractivity contribution in [1.82, 2.24) is 14.9 Å². The van der Waals surface area contributed by atoms with Crippen LogP contribution < -0.4 is 14.8 Å². The van der Waals surface area contributed by atoms with Crippen LogP contribution >= 0.6 is 11.8 Å². The number of nitrogens with one attached hydrogen (secondary N) is 1. The van der Waals surface area contributed by atoms with Crippen LogP contribution in [-0.4, -0.2) is 45.3 Å². The van der Waals surface area contributed by atoms with E-state index < -0.39 is 6.04 Å². The van der Waals surface area contributed by atoms with Crippen molar-refractivity contribution in [3.8, 4) is 11.5 Å². The molecule has 0 spiro atoms. The summed E-state index contributed by atoms with van der Waals surface area (Å²) in [4.78, 5) is 38.4. The number of ether oxygens (including phenoxy) is 2. The van der Waals surface area contributed by atoms with E-state index in [4.69, 9.17) is 9.47 Å². The number of benzene rings is 2. The highest BCUT2D eigenvalue weighted by molar-refractivity contribution is 7.99. The molecule has 0 bridgehead atoms. The molecule has 0 radical (unpaired) electrons. The van der Waals surface area contributed by atoms with Gasteiger partial charge in [-0.25, -0.2) is 14.4 Å². The quantitative estimate of drug-likeness (QED) is 0.211. The third-order valence-corrected chi connectivity index (χ3v) is 7.71. The highest BCUT2D eigenvalue weighted by Crippen LogP contribution is 2.35. The first kappa shape index (κ1) is 27.6. The van der Waals surface area contributed by atoms with E-state index in [1.165, 1.54) is 23.9 Å². The molecule has 10 heteroatoms. The second-order valence-electron chi connectivity index (χ2n) is 9.92. The van der Waals surface area contributed by atoms with Gasteiger partial charge in [0, 0.05) is 29.7 Å². The van der Waals surface area contributed by atoms with Crippen molar-refractivity contribution >= 4 is 29.3 Å². The topological polar surface area (TPSA) is 93.7 Å². The summed E-state index contributed by atoms with van der Waals surface area (Å²) in [6.07, 6.45) is 6.41. The van der Waals surface area contributed by atoms with Gasteiger partial charge in [0.05, 0.1) is 5.75 Å². The van der Waals surface area contributed by atoms with Crippen LogP contribution in [0.2, 0.25) is 0 Å². The van der Waals surface area contributed by atoms with Gasteiger partial charge in [-0.2, -0.15) is 0 Å². The number of thioether (sulfide) groups is 1. The molecule has 2 amide bonds. The van der Waals surface area contributed by atoms with Gasteiger partial charge >= 0.3 is 0 Å². The van der Waals surface area contributed by atoms with Crippen molar-refractivity contribution in [1.29, 1.82) is 0 Å². The fraction of sp³-hybridized carbons (Fsp3) is 0.333. The number of carbonyl (C=O) groups is 2. The van der Waals surface area contributed by atoms with Gasteiger partial charge in [0.2, 0.25) is 18.6 Å². The Morgan fingerprint density at radius 1 is 1.05 bits per heavy atom. The second kappa shape index (κ2) is 12.5. The predicted molar refractivity (Wildman–Crippen MR) is 151 cm³/mol. The Morgan fingerprint density at radius 3 is 2.52 bits per heavy atom. The molecule has 2 heterocycles. The van der Waals surface area contributed by atoms with Crippen molar-refractivity contribution in [2.24, 2.45) is 5.92 Å². The van der Waals surface area contributed by atoms with Gasteiger partial charge < -0.3 is 19.7 Å². The van der Waals surface area contributed by atoms with Crippen LogP contribution in [0.1, 0.15) is 36.2 Å². The number of nitrogens with zero attached hydrogens (tertiary/aromatic N) is 3. The number of halogens is 1. The normalized spacial score (nSPS) is 16.4. The summed E-state index contributed by atoms with van der Waals surface area (Å²) in [7, 11) is 0. The molecule has 2 unspecified atom stereocenters. The number of fused-ring (bicyclic) bond motifs is 1. The van der Waals surface area contributed by atoms with Crippen LogP contribution in [0.15, 0.2) is 65.8 Å². The Kier molecular flexibility index (Phi) is 8.64. The van der Waals surface area contributed by atoms with Gasteiger partial charge in [0.25, 0.3) is 0 Å². The first-order chi connectivity index (χ1) is 19.4. The highest BCUT2D eigenvalue weighted by atomic mass is 32.2.